The van der Waals surface area contributed by atoms with Gasteiger partial charge in [0.2, 0.25) is 0 Å². The van der Waals surface area contributed by atoms with Gasteiger partial charge in [-0.05, 0) is 26.0 Å². The van der Waals surface area contributed by atoms with E-state index >= 15 is 0 Å². The number of pyridine rings is 1. The third-order valence-electron chi connectivity index (χ3n) is 4.63. The van der Waals surface area contributed by atoms with Gasteiger partial charge < -0.3 is 15.2 Å². The van der Waals surface area contributed by atoms with E-state index in [0.717, 1.165) is 0 Å². The smallest absolute Gasteiger partial charge is 0.161 e. The molecule has 0 spiro atoms. The van der Waals surface area contributed by atoms with Crippen molar-refractivity contribution in [1.29, 1.82) is 0 Å². The molecule has 0 amide bonds. The Balaban J connectivity index is 1.95. The third kappa shape index (κ3) is 2.94. The van der Waals surface area contributed by atoms with Gasteiger partial charge in [-0.15, -0.1) is 0 Å². The molecule has 5 heteroatoms. The molecular weight excluding hydrogens is 268 g/mol. The van der Waals surface area contributed by atoms with Gasteiger partial charge in [0, 0.05) is 36.7 Å². The lowest BCUT2D eigenvalue weighted by Crippen LogP contribution is -2.67. The Morgan fingerprint density at radius 1 is 1.52 bits per heavy atom. The van der Waals surface area contributed by atoms with Crippen molar-refractivity contribution in [3.63, 3.8) is 0 Å². The zero-order valence-electron chi connectivity index (χ0n) is 13.1. The molecule has 21 heavy (non-hydrogen) atoms. The number of Topliss-reactive ketones (excluding diaryl/α,β-unsaturated/α-hetero) is 1. The normalized spacial score (nSPS) is 27.0. The summed E-state index contributed by atoms with van der Waals surface area (Å²) in [5.74, 6) is 0.649. The summed E-state index contributed by atoms with van der Waals surface area (Å²) in [5.41, 5.74) is -0.525. The number of hydrogen-bond donors (Lipinski definition) is 2. The van der Waals surface area contributed by atoms with Crippen LogP contribution in [-0.4, -0.2) is 40.7 Å². The summed E-state index contributed by atoms with van der Waals surface area (Å²) in [6, 6.07) is 3.49. The third-order valence-corrected chi connectivity index (χ3v) is 4.63. The summed E-state index contributed by atoms with van der Waals surface area (Å²) < 4.78 is 5.64. The second-order valence-electron chi connectivity index (χ2n) is 6.24. The van der Waals surface area contributed by atoms with E-state index < -0.39 is 5.60 Å². The molecule has 1 aliphatic carbocycles. The Kier molecular flexibility index (Phi) is 4.35. The predicted octanol–water partition coefficient (Wildman–Crippen LogP) is 2.26. The molecule has 2 atom stereocenters. The van der Waals surface area contributed by atoms with E-state index in [1.165, 1.54) is 6.92 Å². The van der Waals surface area contributed by atoms with Crippen LogP contribution in [0.25, 0.3) is 0 Å². The fraction of sp³-hybridized carbons (Fsp3) is 0.625. The largest absolute Gasteiger partial charge is 0.387 e. The van der Waals surface area contributed by atoms with E-state index in [0.29, 0.717) is 31.0 Å². The number of carbonyl (C=O) groups is 1. The number of aliphatic hydroxyl groups is 1. The number of hydrogen-bond acceptors (Lipinski definition) is 5. The summed E-state index contributed by atoms with van der Waals surface area (Å²) >= 11 is 0. The summed E-state index contributed by atoms with van der Waals surface area (Å²) in [7, 11) is 0. The zero-order chi connectivity index (χ0) is 15.7. The number of aromatic nitrogens is 1. The van der Waals surface area contributed by atoms with E-state index in [2.05, 4.69) is 10.3 Å². The van der Waals surface area contributed by atoms with Gasteiger partial charge in [-0.2, -0.15) is 0 Å². The maximum atomic E-state index is 11.2. The first-order valence-corrected chi connectivity index (χ1v) is 7.35. The van der Waals surface area contributed by atoms with Crippen molar-refractivity contribution < 1.29 is 14.6 Å². The van der Waals surface area contributed by atoms with Gasteiger partial charge in [-0.3, -0.25) is 4.79 Å². The van der Waals surface area contributed by atoms with Gasteiger partial charge in [-0.25, -0.2) is 4.98 Å². The van der Waals surface area contributed by atoms with Crippen LogP contribution in [0.15, 0.2) is 18.3 Å². The van der Waals surface area contributed by atoms with Crippen LogP contribution in [0, 0.1) is 5.41 Å². The first-order chi connectivity index (χ1) is 9.80. The minimum atomic E-state index is -0.812. The van der Waals surface area contributed by atoms with Crippen LogP contribution in [0.4, 0.5) is 5.82 Å². The van der Waals surface area contributed by atoms with Crippen LogP contribution in [0.5, 0.6) is 0 Å². The highest BCUT2D eigenvalue weighted by Crippen LogP contribution is 2.51. The van der Waals surface area contributed by atoms with Crippen LogP contribution in [-0.2, 0) is 4.74 Å². The first-order valence-electron chi connectivity index (χ1n) is 7.35. The number of nitrogens with one attached hydrogen (secondary N) is 1. The SMILES string of the molecule is CCO[C@@H]1C[C@@](O)(CNc2ccc(C(C)=O)cn2)C1(C)C. The van der Waals surface area contributed by atoms with Crippen molar-refractivity contribution in [2.75, 3.05) is 18.5 Å². The summed E-state index contributed by atoms with van der Waals surface area (Å²) in [6.07, 6.45) is 2.25. The monoisotopic (exact) mass is 292 g/mol. The van der Waals surface area contributed by atoms with Gasteiger partial charge in [0.15, 0.2) is 5.78 Å². The van der Waals surface area contributed by atoms with Gasteiger partial charge in [0.05, 0.1) is 11.7 Å². The van der Waals surface area contributed by atoms with Gasteiger partial charge in [-0.1, -0.05) is 13.8 Å². The lowest BCUT2D eigenvalue weighted by atomic mass is 9.56. The van der Waals surface area contributed by atoms with E-state index in [4.69, 9.17) is 4.74 Å². The number of rotatable bonds is 6. The average Bonchev–Trinajstić information content (AvgIpc) is 2.45. The van der Waals surface area contributed by atoms with Crippen LogP contribution >= 0.6 is 0 Å². The Morgan fingerprint density at radius 3 is 2.71 bits per heavy atom. The topological polar surface area (TPSA) is 71.5 Å². The molecule has 0 radical (unpaired) electrons. The van der Waals surface area contributed by atoms with Crippen LogP contribution in [0.1, 0.15) is 44.5 Å². The minimum Gasteiger partial charge on any atom is -0.387 e. The molecule has 0 bridgehead atoms. The minimum absolute atomic E-state index is 0.00707. The van der Waals surface area contributed by atoms with E-state index in [9.17, 15) is 9.90 Å². The van der Waals surface area contributed by atoms with Crippen molar-refractivity contribution in [2.45, 2.75) is 45.8 Å². The Labute approximate surface area is 125 Å². The molecule has 1 fully saturated rings. The fourth-order valence-electron chi connectivity index (χ4n) is 2.71. The van der Waals surface area contributed by atoms with Crippen LogP contribution < -0.4 is 5.32 Å². The molecule has 1 aliphatic rings. The Bertz CT molecular complexity index is 513. The molecule has 2 N–H and O–H groups in total. The van der Waals surface area contributed by atoms with Crippen molar-refractivity contribution in [2.24, 2.45) is 5.41 Å². The standard InChI is InChI=1S/C16H24N2O3/c1-5-21-13-8-16(20,15(13,3)4)10-18-14-7-6-12(9-17-14)11(2)19/h6-7,9,13,20H,5,8,10H2,1-4H3,(H,17,18)/t13-,16-/m1/s1. The van der Waals surface area contributed by atoms with Crippen molar-refractivity contribution in [3.05, 3.63) is 23.9 Å². The summed E-state index contributed by atoms with van der Waals surface area (Å²) in [4.78, 5) is 15.4. The fourth-order valence-corrected chi connectivity index (χ4v) is 2.71. The van der Waals surface area contributed by atoms with Crippen LogP contribution in [0.3, 0.4) is 0 Å². The molecular formula is C16H24N2O3. The quantitative estimate of drug-likeness (QED) is 0.787. The van der Waals surface area contributed by atoms with E-state index in [1.807, 2.05) is 20.8 Å². The molecule has 1 aromatic heterocycles. The number of ether oxygens (including phenoxy) is 1. The molecule has 1 aromatic rings. The molecule has 0 aromatic carbocycles. The van der Waals surface area contributed by atoms with Gasteiger partial charge in [0.1, 0.15) is 5.82 Å². The second kappa shape index (κ2) is 5.73. The Morgan fingerprint density at radius 2 is 2.24 bits per heavy atom. The zero-order valence-corrected chi connectivity index (χ0v) is 13.1. The number of carbonyl (C=O) groups excluding carboxylic acids is 1. The Hall–Kier alpha value is -1.46. The molecule has 1 saturated carbocycles. The molecule has 2 rings (SSSR count). The highest BCUT2D eigenvalue weighted by molar-refractivity contribution is 5.93. The highest BCUT2D eigenvalue weighted by Gasteiger charge is 2.59. The lowest BCUT2D eigenvalue weighted by molar-refractivity contribution is -0.233. The van der Waals surface area contributed by atoms with Gasteiger partial charge in [0.25, 0.3) is 0 Å². The van der Waals surface area contributed by atoms with Crippen LogP contribution in [0.2, 0.25) is 0 Å². The van der Waals surface area contributed by atoms with Gasteiger partial charge >= 0.3 is 0 Å². The maximum absolute atomic E-state index is 11.2. The van der Waals surface area contributed by atoms with Crippen molar-refractivity contribution >= 4 is 11.6 Å². The summed E-state index contributed by atoms with van der Waals surface area (Å²) in [6.45, 7) is 8.58. The molecule has 116 valence electrons. The number of ketones is 1. The van der Waals surface area contributed by atoms with Crippen molar-refractivity contribution in [1.82, 2.24) is 4.98 Å². The molecule has 0 aliphatic heterocycles. The molecule has 1 heterocycles. The number of anilines is 1. The molecule has 5 nitrogen and oxygen atoms in total. The average molecular weight is 292 g/mol. The predicted molar refractivity (Wildman–Crippen MR) is 81.5 cm³/mol. The molecule has 0 unspecified atom stereocenters. The lowest BCUT2D eigenvalue weighted by Gasteiger charge is -2.58. The first kappa shape index (κ1) is 15.9. The van der Waals surface area contributed by atoms with E-state index in [1.54, 1.807) is 18.3 Å². The highest BCUT2D eigenvalue weighted by atomic mass is 16.5. The molecule has 0 saturated heterocycles. The summed E-state index contributed by atoms with van der Waals surface area (Å²) in [5, 5.41) is 13.9. The van der Waals surface area contributed by atoms with E-state index in [-0.39, 0.29) is 17.3 Å². The van der Waals surface area contributed by atoms with Crippen molar-refractivity contribution in [3.8, 4) is 0 Å². The second-order valence-corrected chi connectivity index (χ2v) is 6.24. The maximum Gasteiger partial charge on any atom is 0.161 e. The number of nitrogens with zero attached hydrogens (tertiary/aromatic N) is 1.